The van der Waals surface area contributed by atoms with E-state index in [1.54, 1.807) is 6.92 Å². The van der Waals surface area contributed by atoms with Crippen molar-refractivity contribution in [2.75, 3.05) is 18.5 Å². The number of hydrogen-bond donors (Lipinski definition) is 1. The van der Waals surface area contributed by atoms with Crippen LogP contribution in [0.3, 0.4) is 0 Å². The zero-order valence-corrected chi connectivity index (χ0v) is 16.3. The lowest BCUT2D eigenvalue weighted by Gasteiger charge is -2.07. The van der Waals surface area contributed by atoms with Crippen LogP contribution in [-0.2, 0) is 14.3 Å². The van der Waals surface area contributed by atoms with Gasteiger partial charge in [-0.1, -0.05) is 6.07 Å². The Morgan fingerprint density at radius 2 is 1.83 bits per heavy atom. The lowest BCUT2D eigenvalue weighted by molar-refractivity contribution is -0.384. The first kappa shape index (κ1) is 22.3. The third kappa shape index (κ3) is 5.07. The van der Waals surface area contributed by atoms with Gasteiger partial charge in [0.25, 0.3) is 11.6 Å². The monoisotopic (exact) mass is 418 g/mol. The molecule has 1 aromatic heterocycles. The van der Waals surface area contributed by atoms with E-state index in [0.717, 1.165) is 6.07 Å². The summed E-state index contributed by atoms with van der Waals surface area (Å²) < 4.78 is 15.0. The number of ether oxygens (including phenoxy) is 2. The lowest BCUT2D eigenvalue weighted by Crippen LogP contribution is -2.22. The summed E-state index contributed by atoms with van der Waals surface area (Å²) in [7, 11) is 0. The largest absolute Gasteiger partial charge is 0.462 e. The number of furan rings is 1. The van der Waals surface area contributed by atoms with E-state index >= 15 is 0 Å². The quantitative estimate of drug-likeness (QED) is 0.295. The van der Waals surface area contributed by atoms with Crippen LogP contribution in [-0.4, -0.2) is 41.8 Å². The summed E-state index contributed by atoms with van der Waals surface area (Å²) in [5, 5.41) is 13.0. The number of carbonyl (C=O) groups is 4. The highest BCUT2D eigenvalue weighted by atomic mass is 16.6. The predicted molar refractivity (Wildman–Crippen MR) is 101 cm³/mol. The van der Waals surface area contributed by atoms with Gasteiger partial charge >= 0.3 is 11.9 Å². The summed E-state index contributed by atoms with van der Waals surface area (Å²) in [6.07, 6.45) is 0. The third-order valence-electron chi connectivity index (χ3n) is 3.80. The van der Waals surface area contributed by atoms with Crippen LogP contribution >= 0.6 is 0 Å². The average Bonchev–Trinajstić information content (AvgIpc) is 3.02. The van der Waals surface area contributed by atoms with Gasteiger partial charge in [0.05, 0.1) is 22.7 Å². The molecule has 0 radical (unpaired) electrons. The second-order valence-electron chi connectivity index (χ2n) is 5.95. The van der Waals surface area contributed by atoms with E-state index in [1.807, 2.05) is 0 Å². The van der Waals surface area contributed by atoms with Crippen LogP contribution in [0, 0.1) is 17.0 Å². The molecule has 0 unspecified atom stereocenters. The second kappa shape index (κ2) is 9.45. The van der Waals surface area contributed by atoms with Crippen molar-refractivity contribution < 1.29 is 38.0 Å². The maximum absolute atomic E-state index is 12.2. The predicted octanol–water partition coefficient (Wildman–Crippen LogP) is 2.67. The van der Waals surface area contributed by atoms with Gasteiger partial charge in [0, 0.05) is 12.1 Å². The minimum Gasteiger partial charge on any atom is -0.462 e. The zero-order chi connectivity index (χ0) is 22.4. The number of ketones is 1. The molecule has 1 amide bonds. The van der Waals surface area contributed by atoms with Gasteiger partial charge in [0.15, 0.2) is 12.4 Å². The van der Waals surface area contributed by atoms with Gasteiger partial charge in [0.1, 0.15) is 11.3 Å². The van der Waals surface area contributed by atoms with Crippen LogP contribution < -0.4 is 5.32 Å². The molecule has 1 heterocycles. The van der Waals surface area contributed by atoms with E-state index in [2.05, 4.69) is 5.32 Å². The molecule has 0 aliphatic heterocycles. The molecule has 1 aromatic carbocycles. The number of nitro groups is 1. The highest BCUT2D eigenvalue weighted by Gasteiger charge is 2.29. The number of benzene rings is 1. The van der Waals surface area contributed by atoms with Gasteiger partial charge in [-0.05, 0) is 26.8 Å². The summed E-state index contributed by atoms with van der Waals surface area (Å²) in [5.74, 6) is -3.34. The molecule has 2 rings (SSSR count). The lowest BCUT2D eigenvalue weighted by atomic mass is 10.1. The number of amides is 1. The van der Waals surface area contributed by atoms with Crippen molar-refractivity contribution >= 4 is 35.2 Å². The highest BCUT2D eigenvalue weighted by molar-refractivity contribution is 6.10. The van der Waals surface area contributed by atoms with E-state index in [4.69, 9.17) is 13.9 Å². The minimum atomic E-state index is -0.959. The van der Waals surface area contributed by atoms with Crippen LogP contribution in [0.4, 0.5) is 11.6 Å². The molecule has 0 spiro atoms. The standard InChI is InChI=1S/C19H18N2O9/c1-4-28-19(25)16-15(10(2)22)11(3)30-17(16)20-14(23)9-29-18(24)12-6-5-7-13(8-12)21(26)27/h5-8H,4,9H2,1-3H3,(H,20,23). The van der Waals surface area contributed by atoms with Gasteiger partial charge in [-0.25, -0.2) is 9.59 Å². The number of nitro benzene ring substituents is 1. The maximum Gasteiger partial charge on any atom is 0.344 e. The summed E-state index contributed by atoms with van der Waals surface area (Å²) in [5.41, 5.74) is -0.690. The summed E-state index contributed by atoms with van der Waals surface area (Å²) in [6.45, 7) is 3.52. The van der Waals surface area contributed by atoms with Crippen LogP contribution in [0.1, 0.15) is 50.7 Å². The van der Waals surface area contributed by atoms with Crippen molar-refractivity contribution in [1.29, 1.82) is 0 Å². The fourth-order valence-corrected chi connectivity index (χ4v) is 2.58. The van der Waals surface area contributed by atoms with Crippen molar-refractivity contribution in [3.8, 4) is 0 Å². The smallest absolute Gasteiger partial charge is 0.344 e. The molecule has 11 nitrogen and oxygen atoms in total. The summed E-state index contributed by atoms with van der Waals surface area (Å²) in [4.78, 5) is 58.3. The van der Waals surface area contributed by atoms with Crippen molar-refractivity contribution in [3.63, 3.8) is 0 Å². The molecule has 0 saturated heterocycles. The van der Waals surface area contributed by atoms with Crippen molar-refractivity contribution in [1.82, 2.24) is 0 Å². The molecule has 0 aliphatic carbocycles. The van der Waals surface area contributed by atoms with Crippen molar-refractivity contribution in [2.45, 2.75) is 20.8 Å². The van der Waals surface area contributed by atoms with Gasteiger partial charge in [-0.2, -0.15) is 0 Å². The van der Waals surface area contributed by atoms with Crippen LogP contribution in [0.2, 0.25) is 0 Å². The molecular weight excluding hydrogens is 400 g/mol. The molecule has 0 saturated carbocycles. The Bertz CT molecular complexity index is 1020. The first-order valence-corrected chi connectivity index (χ1v) is 8.68. The Kier molecular flexibility index (Phi) is 7.02. The number of rotatable bonds is 8. The molecule has 158 valence electrons. The molecule has 1 N–H and O–H groups in total. The molecule has 0 fully saturated rings. The maximum atomic E-state index is 12.2. The fraction of sp³-hybridized carbons (Fsp3) is 0.263. The van der Waals surface area contributed by atoms with Crippen LogP contribution in [0.5, 0.6) is 0 Å². The topological polar surface area (TPSA) is 155 Å². The Morgan fingerprint density at radius 1 is 1.13 bits per heavy atom. The number of anilines is 1. The Balaban J connectivity index is 2.13. The number of nitrogens with one attached hydrogen (secondary N) is 1. The second-order valence-corrected chi connectivity index (χ2v) is 5.95. The number of non-ortho nitro benzene ring substituents is 1. The van der Waals surface area contributed by atoms with Gasteiger partial charge in [0.2, 0.25) is 5.88 Å². The molecule has 11 heteroatoms. The number of aryl methyl sites for hydroxylation is 1. The molecule has 2 aromatic rings. The normalized spacial score (nSPS) is 10.2. The van der Waals surface area contributed by atoms with E-state index in [9.17, 15) is 29.3 Å². The van der Waals surface area contributed by atoms with Crippen LogP contribution in [0.25, 0.3) is 0 Å². The van der Waals surface area contributed by atoms with E-state index in [1.165, 1.54) is 32.0 Å². The van der Waals surface area contributed by atoms with Gasteiger partial charge in [-0.3, -0.25) is 25.0 Å². The number of carbonyl (C=O) groups excluding carboxylic acids is 4. The Hall–Kier alpha value is -4.02. The summed E-state index contributed by atoms with van der Waals surface area (Å²) in [6, 6.07) is 4.80. The number of hydrogen-bond acceptors (Lipinski definition) is 9. The molecule has 0 bridgehead atoms. The van der Waals surface area contributed by atoms with E-state index in [0.29, 0.717) is 0 Å². The number of Topliss-reactive ketones (excluding diaryl/α,β-unsaturated/α-hetero) is 1. The first-order chi connectivity index (χ1) is 14.1. The summed E-state index contributed by atoms with van der Waals surface area (Å²) >= 11 is 0. The van der Waals surface area contributed by atoms with Crippen molar-refractivity contribution in [2.24, 2.45) is 0 Å². The van der Waals surface area contributed by atoms with Crippen LogP contribution in [0.15, 0.2) is 28.7 Å². The van der Waals surface area contributed by atoms with Crippen molar-refractivity contribution in [3.05, 3.63) is 56.8 Å². The number of esters is 2. The molecular formula is C19H18N2O9. The first-order valence-electron chi connectivity index (χ1n) is 8.68. The minimum absolute atomic E-state index is 0.0302. The average molecular weight is 418 g/mol. The molecule has 30 heavy (non-hydrogen) atoms. The van der Waals surface area contributed by atoms with Gasteiger partial charge in [-0.15, -0.1) is 0 Å². The van der Waals surface area contributed by atoms with Gasteiger partial charge < -0.3 is 13.9 Å². The Morgan fingerprint density at radius 3 is 2.43 bits per heavy atom. The van der Waals surface area contributed by atoms with E-state index in [-0.39, 0.29) is 40.6 Å². The Labute approximate surface area is 170 Å². The zero-order valence-electron chi connectivity index (χ0n) is 16.3. The fourth-order valence-electron chi connectivity index (χ4n) is 2.58. The number of nitrogens with zero attached hydrogens (tertiary/aromatic N) is 1. The SMILES string of the molecule is CCOC(=O)c1c(NC(=O)COC(=O)c2cccc([N+](=O)[O-])c2)oc(C)c1C(C)=O. The third-order valence-corrected chi connectivity index (χ3v) is 3.80. The highest BCUT2D eigenvalue weighted by Crippen LogP contribution is 2.28. The molecule has 0 aliphatic rings. The van der Waals surface area contributed by atoms with E-state index < -0.39 is 35.2 Å². The molecule has 0 atom stereocenters.